The number of carbonyl (C=O) groups is 4. The summed E-state index contributed by atoms with van der Waals surface area (Å²) in [6, 6.07) is 4.17. The summed E-state index contributed by atoms with van der Waals surface area (Å²) in [6.07, 6.45) is -1.42. The molecule has 8 N–H and O–H groups in total. The zero-order chi connectivity index (χ0) is 26.4. The van der Waals surface area contributed by atoms with E-state index >= 15 is 0 Å². The van der Waals surface area contributed by atoms with Gasteiger partial charge in [0.1, 0.15) is 6.04 Å². The zero-order valence-corrected chi connectivity index (χ0v) is 19.1. The molecule has 0 radical (unpaired) electrons. The average Bonchev–Trinajstić information content (AvgIpc) is 2.84. The Kier molecular flexibility index (Phi) is 7.93. The lowest BCUT2D eigenvalue weighted by molar-refractivity contribution is -0.140. The van der Waals surface area contributed by atoms with Crippen molar-refractivity contribution in [2.24, 2.45) is 0 Å². The van der Waals surface area contributed by atoms with Crippen molar-refractivity contribution < 1.29 is 34.1 Å². The monoisotopic (exact) mass is 503 g/mol. The summed E-state index contributed by atoms with van der Waals surface area (Å²) in [7, 11) is 1.19. The van der Waals surface area contributed by atoms with E-state index in [9.17, 15) is 29.1 Å². The molecule has 1 aromatic heterocycles. The Morgan fingerprint density at radius 1 is 1.25 bits per heavy atom. The molecule has 36 heavy (non-hydrogen) atoms. The van der Waals surface area contributed by atoms with Crippen LogP contribution < -0.4 is 32.1 Å². The number of aromatic nitrogens is 2. The van der Waals surface area contributed by atoms with Gasteiger partial charge in [-0.2, -0.15) is 4.98 Å². The Bertz CT molecular complexity index is 1210. The second-order valence-corrected chi connectivity index (χ2v) is 7.78. The Hall–Kier alpha value is -4.82. The van der Waals surface area contributed by atoms with Crippen LogP contribution in [-0.4, -0.2) is 76.4 Å². The van der Waals surface area contributed by atoms with Gasteiger partial charge in [0, 0.05) is 30.8 Å². The van der Waals surface area contributed by atoms with Gasteiger partial charge in [0.15, 0.2) is 11.5 Å². The highest BCUT2D eigenvalue weighted by Crippen LogP contribution is 2.27. The molecular formula is C21H25N7O8. The molecule has 0 saturated heterocycles. The van der Waals surface area contributed by atoms with E-state index in [-0.39, 0.29) is 42.5 Å². The molecule has 0 fully saturated rings. The highest BCUT2D eigenvalue weighted by atomic mass is 16.5. The minimum atomic E-state index is -1.34. The van der Waals surface area contributed by atoms with Crippen molar-refractivity contribution in [1.29, 1.82) is 0 Å². The lowest BCUT2D eigenvalue weighted by Gasteiger charge is -2.35. The molecule has 0 spiro atoms. The number of nitrogens with zero attached hydrogens (tertiary/aromatic N) is 2. The zero-order valence-electron chi connectivity index (χ0n) is 19.1. The van der Waals surface area contributed by atoms with Gasteiger partial charge in [0.2, 0.25) is 5.95 Å². The van der Waals surface area contributed by atoms with Crippen LogP contribution in [0.2, 0.25) is 0 Å². The fourth-order valence-corrected chi connectivity index (χ4v) is 3.56. The summed E-state index contributed by atoms with van der Waals surface area (Å²) >= 11 is 0. The molecule has 0 saturated carbocycles. The lowest BCUT2D eigenvalue weighted by Crippen LogP contribution is -2.53. The Balaban J connectivity index is 1.67. The largest absolute Gasteiger partial charge is 0.481 e. The van der Waals surface area contributed by atoms with Gasteiger partial charge in [-0.1, -0.05) is 0 Å². The first-order valence-corrected chi connectivity index (χ1v) is 10.7. The van der Waals surface area contributed by atoms with Gasteiger partial charge in [0.25, 0.3) is 11.5 Å². The van der Waals surface area contributed by atoms with Crippen molar-refractivity contribution in [3.8, 4) is 0 Å². The van der Waals surface area contributed by atoms with Crippen molar-refractivity contribution in [3.05, 3.63) is 40.2 Å². The minimum Gasteiger partial charge on any atom is -0.481 e. The van der Waals surface area contributed by atoms with Gasteiger partial charge in [-0.15, -0.1) is 0 Å². The number of nitrogen functional groups attached to an aromatic ring is 1. The summed E-state index contributed by atoms with van der Waals surface area (Å²) in [5.74, 6) is -3.13. The van der Waals surface area contributed by atoms with Gasteiger partial charge in [-0.25, -0.2) is 9.59 Å². The van der Waals surface area contributed by atoms with Crippen molar-refractivity contribution in [2.75, 3.05) is 41.5 Å². The van der Waals surface area contributed by atoms with E-state index in [0.29, 0.717) is 5.69 Å². The average molecular weight is 503 g/mol. The summed E-state index contributed by atoms with van der Waals surface area (Å²) < 4.78 is 4.84. The van der Waals surface area contributed by atoms with Crippen LogP contribution >= 0.6 is 0 Å². The molecule has 1 aromatic carbocycles. The van der Waals surface area contributed by atoms with E-state index in [1.807, 2.05) is 0 Å². The van der Waals surface area contributed by atoms with Crippen LogP contribution in [0.1, 0.15) is 23.2 Å². The summed E-state index contributed by atoms with van der Waals surface area (Å²) in [5, 5.41) is 26.3. The molecule has 15 nitrogen and oxygen atoms in total. The highest BCUT2D eigenvalue weighted by molar-refractivity contribution is 5.97. The van der Waals surface area contributed by atoms with Gasteiger partial charge in [-0.3, -0.25) is 24.3 Å². The second kappa shape index (κ2) is 11.1. The number of aromatic amines is 1. The number of carboxylic acid groups (broad SMARTS) is 2. The molecule has 2 amide bonds. The summed E-state index contributed by atoms with van der Waals surface area (Å²) in [6.45, 7) is 0.422. The van der Waals surface area contributed by atoms with Crippen LogP contribution in [0.15, 0.2) is 29.1 Å². The number of rotatable bonds is 9. The number of fused-ring (bicyclic) bond motifs is 1. The number of anilines is 4. The number of ether oxygens (including phenoxy) is 1. The van der Waals surface area contributed by atoms with E-state index < -0.39 is 48.0 Å². The minimum absolute atomic E-state index is 0.0306. The van der Waals surface area contributed by atoms with E-state index in [0.717, 1.165) is 0 Å². The number of carboxylic acids is 2. The first-order chi connectivity index (χ1) is 17.1. The second-order valence-electron chi connectivity index (χ2n) is 7.78. The van der Waals surface area contributed by atoms with Crippen LogP contribution in [-0.2, 0) is 14.3 Å². The fraction of sp³-hybridized carbons (Fsp3) is 0.333. The summed E-state index contributed by atoms with van der Waals surface area (Å²) in [4.78, 5) is 66.8. The quantitative estimate of drug-likeness (QED) is 0.237. The first-order valence-electron chi connectivity index (χ1n) is 10.7. The number of nitrogens with one attached hydrogen (secondary N) is 4. The first kappa shape index (κ1) is 25.8. The number of hydrogen-bond donors (Lipinski definition) is 7. The van der Waals surface area contributed by atoms with E-state index in [1.54, 1.807) is 12.1 Å². The van der Waals surface area contributed by atoms with Crippen molar-refractivity contribution >= 4 is 47.1 Å². The number of H-pyrrole nitrogens is 1. The van der Waals surface area contributed by atoms with E-state index in [2.05, 4.69) is 25.9 Å². The normalized spacial score (nSPS) is 15.1. The SMILES string of the molecule is COC(=O)N1c2c(nc(N)[nH]c2=O)NCC1CNc1ccc(C(=O)N[C@@H](CCC(=O)O)C(=O)O)cc1. The molecule has 192 valence electrons. The molecule has 2 heterocycles. The Morgan fingerprint density at radius 3 is 2.56 bits per heavy atom. The van der Waals surface area contributed by atoms with Gasteiger partial charge in [-0.05, 0) is 30.7 Å². The number of methoxy groups -OCH3 is 1. The maximum atomic E-state index is 12.4. The molecule has 2 atom stereocenters. The molecule has 3 rings (SSSR count). The fourth-order valence-electron chi connectivity index (χ4n) is 3.56. The standard InChI is InChI=1S/C21H25N7O8/c1-36-21(35)28-12(9-24-16-15(28)18(32)27-20(22)26-16)8-23-11-4-2-10(3-5-11)17(31)25-13(19(33)34)6-7-14(29)30/h2-5,12-13,23H,6-9H2,1H3,(H,25,31)(H,29,30)(H,33,34)(H4,22,24,26,27,32)/t12?,13-/m0/s1. The van der Waals surface area contributed by atoms with Crippen LogP contribution in [0.25, 0.3) is 0 Å². The van der Waals surface area contributed by atoms with Gasteiger partial charge in [0.05, 0.1) is 13.2 Å². The molecule has 0 bridgehead atoms. The summed E-state index contributed by atoms with van der Waals surface area (Å²) in [5.41, 5.74) is 5.67. The third kappa shape index (κ3) is 5.99. The maximum absolute atomic E-state index is 12.4. The highest BCUT2D eigenvalue weighted by Gasteiger charge is 2.35. The van der Waals surface area contributed by atoms with E-state index in [1.165, 1.54) is 24.1 Å². The Morgan fingerprint density at radius 2 is 1.94 bits per heavy atom. The molecule has 2 aromatic rings. The van der Waals surface area contributed by atoms with E-state index in [4.69, 9.17) is 15.6 Å². The van der Waals surface area contributed by atoms with Crippen LogP contribution in [0, 0.1) is 0 Å². The predicted octanol–water partition coefficient (Wildman–Crippen LogP) is -0.121. The molecule has 15 heteroatoms. The molecular weight excluding hydrogens is 478 g/mol. The van der Waals surface area contributed by atoms with Gasteiger partial charge >= 0.3 is 18.0 Å². The smallest absolute Gasteiger partial charge is 0.414 e. The molecule has 1 aliphatic rings. The number of nitrogens with two attached hydrogens (primary N) is 1. The number of hydrogen-bond acceptors (Lipinski definition) is 10. The van der Waals surface area contributed by atoms with Crippen LogP contribution in [0.5, 0.6) is 0 Å². The molecule has 0 aliphatic carbocycles. The maximum Gasteiger partial charge on any atom is 0.414 e. The molecule has 1 unspecified atom stereocenters. The third-order valence-corrected chi connectivity index (χ3v) is 5.33. The van der Waals surface area contributed by atoms with Crippen molar-refractivity contribution in [3.63, 3.8) is 0 Å². The lowest BCUT2D eigenvalue weighted by atomic mass is 10.1. The number of carbonyl (C=O) groups excluding carboxylic acids is 2. The number of aliphatic carboxylic acids is 2. The Labute approximate surface area is 203 Å². The molecule has 1 aliphatic heterocycles. The number of benzene rings is 1. The van der Waals surface area contributed by atoms with Gasteiger partial charge < -0.3 is 36.6 Å². The third-order valence-electron chi connectivity index (χ3n) is 5.33. The number of amides is 2. The van der Waals surface area contributed by atoms with Crippen LogP contribution in [0.4, 0.5) is 27.9 Å². The predicted molar refractivity (Wildman–Crippen MR) is 127 cm³/mol. The van der Waals surface area contributed by atoms with Crippen molar-refractivity contribution in [1.82, 2.24) is 15.3 Å². The topological polar surface area (TPSA) is 229 Å². The van der Waals surface area contributed by atoms with Crippen LogP contribution in [0.3, 0.4) is 0 Å². The van der Waals surface area contributed by atoms with Crippen molar-refractivity contribution in [2.45, 2.75) is 24.9 Å².